The molecule has 0 spiro atoms. The smallest absolute Gasteiger partial charge is 0.233 e. The molecule has 1 heterocycles. The molecule has 0 aliphatic heterocycles. The van der Waals surface area contributed by atoms with E-state index in [0.717, 1.165) is 0 Å². The van der Waals surface area contributed by atoms with E-state index in [1.54, 1.807) is 0 Å². The van der Waals surface area contributed by atoms with E-state index in [-0.39, 0.29) is 5.60 Å². The Hall–Kier alpha value is -0.880. The largest absolute Gasteiger partial charge is 0.471 e. The maximum absolute atomic E-state index is 5.58. The van der Waals surface area contributed by atoms with Crippen LogP contribution in [0.1, 0.15) is 20.8 Å². The van der Waals surface area contributed by atoms with Gasteiger partial charge in [0.05, 0.1) is 0 Å². The lowest BCUT2D eigenvalue weighted by molar-refractivity contribution is 0.123. The molecule has 0 aliphatic carbocycles. The van der Waals surface area contributed by atoms with Gasteiger partial charge in [-0.05, 0) is 36.7 Å². The van der Waals surface area contributed by atoms with Gasteiger partial charge in [0.15, 0.2) is 5.82 Å². The van der Waals surface area contributed by atoms with E-state index in [1.807, 2.05) is 20.8 Å². The van der Waals surface area contributed by atoms with Gasteiger partial charge in [-0.3, -0.25) is 0 Å². The molecule has 1 aromatic heterocycles. The van der Waals surface area contributed by atoms with Crippen molar-refractivity contribution in [2.75, 3.05) is 5.43 Å². The summed E-state index contributed by atoms with van der Waals surface area (Å²) in [5.41, 5.74) is 2.14. The molecule has 0 fully saturated rings. The van der Waals surface area contributed by atoms with Crippen LogP contribution in [-0.2, 0) is 0 Å². The van der Waals surface area contributed by atoms with Gasteiger partial charge in [-0.15, -0.1) is 0 Å². The van der Waals surface area contributed by atoms with Crippen LogP contribution in [0.4, 0.5) is 5.82 Å². The molecule has 0 atom stereocenters. The first kappa shape index (κ1) is 11.2. The van der Waals surface area contributed by atoms with Crippen LogP contribution >= 0.6 is 15.9 Å². The average Bonchev–Trinajstić information content (AvgIpc) is 2.06. The molecule has 0 saturated heterocycles. The van der Waals surface area contributed by atoms with Crippen LogP contribution in [0.3, 0.4) is 0 Å². The summed E-state index contributed by atoms with van der Waals surface area (Å²) in [6.07, 6.45) is 1.39. The van der Waals surface area contributed by atoms with E-state index < -0.39 is 0 Å². The highest BCUT2D eigenvalue weighted by Gasteiger charge is 2.17. The molecule has 3 N–H and O–H groups in total. The second-order valence-corrected chi connectivity index (χ2v) is 4.49. The number of hydrazine groups is 1. The van der Waals surface area contributed by atoms with Crippen molar-refractivity contribution < 1.29 is 4.74 Å². The summed E-state index contributed by atoms with van der Waals surface area (Å²) in [6.45, 7) is 5.82. The SMILES string of the molecule is CC(C)(C)Oc1ncnc(NN)c1Br. The topological polar surface area (TPSA) is 73.1 Å². The van der Waals surface area contributed by atoms with Gasteiger partial charge in [0.1, 0.15) is 16.4 Å². The van der Waals surface area contributed by atoms with E-state index in [4.69, 9.17) is 10.6 Å². The number of rotatable bonds is 2. The number of hydrogen-bond acceptors (Lipinski definition) is 5. The molecule has 0 saturated carbocycles. The zero-order chi connectivity index (χ0) is 10.8. The summed E-state index contributed by atoms with van der Waals surface area (Å²) in [4.78, 5) is 7.91. The standard InChI is InChI=1S/C8H13BrN4O/c1-8(2,3)14-7-5(9)6(13-10)11-4-12-7/h4H,10H2,1-3H3,(H,11,12,13). The van der Waals surface area contributed by atoms with Crippen molar-refractivity contribution >= 4 is 21.7 Å². The molecule has 6 heteroatoms. The third-order valence-electron chi connectivity index (χ3n) is 1.30. The lowest BCUT2D eigenvalue weighted by Gasteiger charge is -2.21. The van der Waals surface area contributed by atoms with Gasteiger partial charge < -0.3 is 10.2 Å². The Bertz CT molecular complexity index is 324. The van der Waals surface area contributed by atoms with Crippen molar-refractivity contribution in [2.24, 2.45) is 5.84 Å². The molecular weight excluding hydrogens is 248 g/mol. The summed E-state index contributed by atoms with van der Waals surface area (Å²) >= 11 is 3.30. The molecule has 78 valence electrons. The van der Waals surface area contributed by atoms with Gasteiger partial charge in [-0.1, -0.05) is 0 Å². The monoisotopic (exact) mass is 260 g/mol. The minimum absolute atomic E-state index is 0.303. The van der Waals surface area contributed by atoms with Crippen LogP contribution < -0.4 is 16.0 Å². The maximum Gasteiger partial charge on any atom is 0.233 e. The van der Waals surface area contributed by atoms with E-state index in [2.05, 4.69) is 31.3 Å². The molecule has 1 rings (SSSR count). The van der Waals surface area contributed by atoms with Crippen molar-refractivity contribution in [3.8, 4) is 5.88 Å². The van der Waals surface area contributed by atoms with Crippen molar-refractivity contribution in [2.45, 2.75) is 26.4 Å². The van der Waals surface area contributed by atoms with Crippen molar-refractivity contribution in [3.05, 3.63) is 10.8 Å². The number of anilines is 1. The lowest BCUT2D eigenvalue weighted by atomic mass is 10.2. The normalized spacial score (nSPS) is 11.2. The van der Waals surface area contributed by atoms with E-state index in [0.29, 0.717) is 16.2 Å². The Morgan fingerprint density at radius 2 is 2.07 bits per heavy atom. The fourth-order valence-electron chi connectivity index (χ4n) is 0.815. The molecule has 0 unspecified atom stereocenters. The van der Waals surface area contributed by atoms with E-state index >= 15 is 0 Å². The Kier molecular flexibility index (Phi) is 3.28. The summed E-state index contributed by atoms with van der Waals surface area (Å²) in [7, 11) is 0. The van der Waals surface area contributed by atoms with E-state index in [9.17, 15) is 0 Å². The van der Waals surface area contributed by atoms with Crippen molar-refractivity contribution in [1.82, 2.24) is 9.97 Å². The molecule has 1 aromatic rings. The van der Waals surface area contributed by atoms with E-state index in [1.165, 1.54) is 6.33 Å². The number of nitrogens with one attached hydrogen (secondary N) is 1. The van der Waals surface area contributed by atoms with Gasteiger partial charge in [-0.2, -0.15) is 0 Å². The third-order valence-corrected chi connectivity index (χ3v) is 2.01. The molecule has 0 amide bonds. The van der Waals surface area contributed by atoms with Gasteiger partial charge >= 0.3 is 0 Å². The van der Waals surface area contributed by atoms with Crippen LogP contribution in [0.2, 0.25) is 0 Å². The van der Waals surface area contributed by atoms with Gasteiger partial charge in [0, 0.05) is 0 Å². The van der Waals surface area contributed by atoms with Crippen LogP contribution in [0.25, 0.3) is 0 Å². The minimum Gasteiger partial charge on any atom is -0.471 e. The second-order valence-electron chi connectivity index (χ2n) is 3.70. The Labute approximate surface area is 91.2 Å². The van der Waals surface area contributed by atoms with Crippen molar-refractivity contribution in [3.63, 3.8) is 0 Å². The summed E-state index contributed by atoms with van der Waals surface area (Å²) in [5.74, 6) is 6.23. The number of ether oxygens (including phenoxy) is 1. The molecule has 5 nitrogen and oxygen atoms in total. The first-order valence-corrected chi connectivity index (χ1v) is 4.89. The molecule has 0 aromatic carbocycles. The summed E-state index contributed by atoms with van der Waals surface area (Å²) < 4.78 is 6.20. The maximum atomic E-state index is 5.58. The predicted octanol–water partition coefficient (Wildman–Crippen LogP) is 1.70. The highest BCUT2D eigenvalue weighted by Crippen LogP contribution is 2.29. The summed E-state index contributed by atoms with van der Waals surface area (Å²) in [5, 5.41) is 0. The van der Waals surface area contributed by atoms with Crippen LogP contribution in [0, 0.1) is 0 Å². The van der Waals surface area contributed by atoms with Crippen LogP contribution in [-0.4, -0.2) is 15.6 Å². The highest BCUT2D eigenvalue weighted by atomic mass is 79.9. The fourth-order valence-corrected chi connectivity index (χ4v) is 1.22. The molecule has 14 heavy (non-hydrogen) atoms. The van der Waals surface area contributed by atoms with Gasteiger partial charge in [0.2, 0.25) is 5.88 Å². The Morgan fingerprint density at radius 3 is 2.57 bits per heavy atom. The number of hydrogen-bond donors (Lipinski definition) is 2. The fraction of sp³-hybridized carbons (Fsp3) is 0.500. The highest BCUT2D eigenvalue weighted by molar-refractivity contribution is 9.10. The minimum atomic E-state index is -0.303. The zero-order valence-corrected chi connectivity index (χ0v) is 9.92. The van der Waals surface area contributed by atoms with Gasteiger partial charge in [-0.25, -0.2) is 15.8 Å². The quantitative estimate of drug-likeness (QED) is 0.626. The first-order valence-electron chi connectivity index (χ1n) is 4.10. The lowest BCUT2D eigenvalue weighted by Crippen LogP contribution is -2.24. The predicted molar refractivity (Wildman–Crippen MR) is 57.9 cm³/mol. The number of nitrogens with two attached hydrogens (primary N) is 1. The number of halogens is 1. The van der Waals surface area contributed by atoms with Crippen LogP contribution in [0.15, 0.2) is 10.8 Å². The number of nitrogen functional groups attached to an aromatic ring is 1. The van der Waals surface area contributed by atoms with Crippen molar-refractivity contribution in [1.29, 1.82) is 0 Å². The molecule has 0 aliphatic rings. The van der Waals surface area contributed by atoms with Crippen LogP contribution in [0.5, 0.6) is 5.88 Å². The van der Waals surface area contributed by atoms with Gasteiger partial charge in [0.25, 0.3) is 0 Å². The molecule has 0 bridgehead atoms. The first-order chi connectivity index (χ1) is 6.44. The average molecular weight is 261 g/mol. The second kappa shape index (κ2) is 4.10. The zero-order valence-electron chi connectivity index (χ0n) is 8.34. The molecule has 0 radical (unpaired) electrons. The Morgan fingerprint density at radius 1 is 1.43 bits per heavy atom. The number of aromatic nitrogens is 2. The number of nitrogens with zero attached hydrogens (tertiary/aromatic N) is 2. The third kappa shape index (κ3) is 2.81. The Balaban J connectivity index is 2.98. The summed E-state index contributed by atoms with van der Waals surface area (Å²) in [6, 6.07) is 0. The molecular formula is C8H13BrN4O.